The summed E-state index contributed by atoms with van der Waals surface area (Å²) in [7, 11) is 0. The van der Waals surface area contributed by atoms with Crippen LogP contribution in [0.1, 0.15) is 36.1 Å². The first kappa shape index (κ1) is 26.0. The highest BCUT2D eigenvalue weighted by molar-refractivity contribution is 6.05. The van der Waals surface area contributed by atoms with Gasteiger partial charge in [0, 0.05) is 22.2 Å². The fourth-order valence-corrected chi connectivity index (χ4v) is 7.88. The SMILES string of the molecule is CC1(C)c2ccccc2-c2ccc(N(c3ccc(-c4ccccc4)cc3)c3cccc4ccc5c(c34)Cc3ccccc3-5)cc21. The molecule has 0 spiro atoms. The molecule has 45 heavy (non-hydrogen) atoms. The second-order valence-electron chi connectivity index (χ2n) is 12.9. The van der Waals surface area contributed by atoms with E-state index in [0.29, 0.717) is 0 Å². The third kappa shape index (κ3) is 3.94. The molecule has 0 saturated heterocycles. The van der Waals surface area contributed by atoms with Crippen molar-refractivity contribution in [2.75, 3.05) is 4.90 Å². The largest absolute Gasteiger partial charge is 0.310 e. The van der Waals surface area contributed by atoms with E-state index < -0.39 is 0 Å². The first-order chi connectivity index (χ1) is 22.1. The van der Waals surface area contributed by atoms with Crippen molar-refractivity contribution in [3.8, 4) is 33.4 Å². The van der Waals surface area contributed by atoms with Crippen LogP contribution in [0.25, 0.3) is 44.2 Å². The number of nitrogens with zero attached hydrogens (tertiary/aromatic N) is 1. The van der Waals surface area contributed by atoms with E-state index in [0.717, 1.165) is 12.1 Å². The van der Waals surface area contributed by atoms with Gasteiger partial charge in [0.05, 0.1) is 5.69 Å². The Kier molecular flexibility index (Phi) is 5.67. The van der Waals surface area contributed by atoms with E-state index in [1.54, 1.807) is 0 Å². The Morgan fingerprint density at radius 1 is 0.489 bits per heavy atom. The fraction of sp³-hybridized carbons (Fsp3) is 0.0909. The summed E-state index contributed by atoms with van der Waals surface area (Å²) in [5.74, 6) is 0. The molecule has 2 aliphatic rings. The summed E-state index contributed by atoms with van der Waals surface area (Å²) in [4.78, 5) is 2.49. The second-order valence-corrected chi connectivity index (χ2v) is 12.9. The normalized spacial score (nSPS) is 13.6. The van der Waals surface area contributed by atoms with E-state index in [1.165, 1.54) is 77.8 Å². The van der Waals surface area contributed by atoms with Crippen LogP contribution in [0.15, 0.2) is 152 Å². The molecule has 0 aliphatic heterocycles. The van der Waals surface area contributed by atoms with Crippen LogP contribution in [0.3, 0.4) is 0 Å². The van der Waals surface area contributed by atoms with E-state index in [4.69, 9.17) is 0 Å². The lowest BCUT2D eigenvalue weighted by Gasteiger charge is -2.30. The number of anilines is 3. The van der Waals surface area contributed by atoms with Gasteiger partial charge in [0.15, 0.2) is 0 Å². The molecule has 0 heterocycles. The number of hydrogen-bond donors (Lipinski definition) is 0. The van der Waals surface area contributed by atoms with Gasteiger partial charge in [-0.2, -0.15) is 0 Å². The quantitative estimate of drug-likeness (QED) is 0.202. The number of rotatable bonds is 4. The first-order valence-electron chi connectivity index (χ1n) is 15.9. The Bertz CT molecular complexity index is 2260. The Morgan fingerprint density at radius 2 is 1.16 bits per heavy atom. The Balaban J connectivity index is 1.27. The molecular formula is C44H33N. The smallest absolute Gasteiger partial charge is 0.0543 e. The predicted octanol–water partition coefficient (Wildman–Crippen LogP) is 11.9. The minimum Gasteiger partial charge on any atom is -0.310 e. The van der Waals surface area contributed by atoms with Gasteiger partial charge in [-0.1, -0.05) is 135 Å². The third-order valence-electron chi connectivity index (χ3n) is 10.1. The van der Waals surface area contributed by atoms with Gasteiger partial charge in [-0.3, -0.25) is 0 Å². The molecule has 1 nitrogen and oxygen atoms in total. The second kappa shape index (κ2) is 9.81. The molecule has 0 saturated carbocycles. The lowest BCUT2D eigenvalue weighted by atomic mass is 9.82. The Morgan fingerprint density at radius 3 is 2.00 bits per heavy atom. The molecule has 0 radical (unpaired) electrons. The molecule has 0 fully saturated rings. The van der Waals surface area contributed by atoms with Crippen LogP contribution in [-0.2, 0) is 11.8 Å². The lowest BCUT2D eigenvalue weighted by molar-refractivity contribution is 0.660. The van der Waals surface area contributed by atoms with Gasteiger partial charge < -0.3 is 4.90 Å². The van der Waals surface area contributed by atoms with Crippen molar-refractivity contribution >= 4 is 27.8 Å². The molecule has 7 aromatic rings. The number of hydrogen-bond acceptors (Lipinski definition) is 1. The molecule has 0 unspecified atom stereocenters. The van der Waals surface area contributed by atoms with Crippen LogP contribution < -0.4 is 4.90 Å². The minimum absolute atomic E-state index is 0.0770. The Labute approximate surface area is 265 Å². The lowest BCUT2D eigenvalue weighted by Crippen LogP contribution is -2.16. The minimum atomic E-state index is -0.0770. The summed E-state index contributed by atoms with van der Waals surface area (Å²) < 4.78 is 0. The maximum absolute atomic E-state index is 2.49. The highest BCUT2D eigenvalue weighted by Crippen LogP contribution is 2.52. The number of fused-ring (bicyclic) bond motifs is 8. The van der Waals surface area contributed by atoms with Gasteiger partial charge in [-0.15, -0.1) is 0 Å². The van der Waals surface area contributed by atoms with Gasteiger partial charge in [0.1, 0.15) is 0 Å². The van der Waals surface area contributed by atoms with Gasteiger partial charge in [-0.05, 0) is 97.8 Å². The van der Waals surface area contributed by atoms with Crippen molar-refractivity contribution < 1.29 is 0 Å². The molecule has 214 valence electrons. The summed E-state index contributed by atoms with van der Waals surface area (Å²) in [6, 6.07) is 56.0. The molecule has 9 rings (SSSR count). The molecule has 2 aliphatic carbocycles. The zero-order valence-electron chi connectivity index (χ0n) is 25.6. The molecule has 0 bridgehead atoms. The van der Waals surface area contributed by atoms with E-state index in [2.05, 4.69) is 170 Å². The summed E-state index contributed by atoms with van der Waals surface area (Å²) in [5.41, 5.74) is 17.0. The van der Waals surface area contributed by atoms with Crippen LogP contribution in [0, 0.1) is 0 Å². The highest BCUT2D eigenvalue weighted by Gasteiger charge is 2.36. The van der Waals surface area contributed by atoms with Crippen LogP contribution in [0.5, 0.6) is 0 Å². The molecule has 7 aromatic carbocycles. The van der Waals surface area contributed by atoms with E-state index in [1.807, 2.05) is 0 Å². The average molecular weight is 576 g/mol. The van der Waals surface area contributed by atoms with Crippen LogP contribution >= 0.6 is 0 Å². The molecule has 0 amide bonds. The molecular weight excluding hydrogens is 542 g/mol. The van der Waals surface area contributed by atoms with E-state index in [-0.39, 0.29) is 5.41 Å². The van der Waals surface area contributed by atoms with Gasteiger partial charge in [0.25, 0.3) is 0 Å². The highest BCUT2D eigenvalue weighted by atomic mass is 15.1. The summed E-state index contributed by atoms with van der Waals surface area (Å²) in [6.07, 6.45) is 0.952. The maximum atomic E-state index is 2.49. The van der Waals surface area contributed by atoms with E-state index in [9.17, 15) is 0 Å². The van der Waals surface area contributed by atoms with Crippen LogP contribution in [0.2, 0.25) is 0 Å². The van der Waals surface area contributed by atoms with Crippen LogP contribution in [-0.4, -0.2) is 0 Å². The van der Waals surface area contributed by atoms with Crippen molar-refractivity contribution in [1.82, 2.24) is 0 Å². The predicted molar refractivity (Wildman–Crippen MR) is 190 cm³/mol. The Hall–Kier alpha value is -5.40. The standard InChI is InChI=1S/C44H33N/c1-44(2)40-17-9-8-16-37(40)38-26-24-34(28-41(38)44)45(33-22-19-30(20-23-33)29-11-4-3-5-12-29)42-18-10-14-31-21-25-36-35-15-7-6-13-32(35)27-39(36)43(31)42/h3-26,28H,27H2,1-2H3. The number of benzene rings is 7. The fourth-order valence-electron chi connectivity index (χ4n) is 7.88. The van der Waals surface area contributed by atoms with Crippen LogP contribution in [0.4, 0.5) is 17.1 Å². The zero-order chi connectivity index (χ0) is 30.1. The van der Waals surface area contributed by atoms with Gasteiger partial charge in [0.2, 0.25) is 0 Å². The van der Waals surface area contributed by atoms with E-state index >= 15 is 0 Å². The molecule has 1 heteroatoms. The molecule has 0 atom stereocenters. The average Bonchev–Trinajstić information content (AvgIpc) is 3.58. The monoisotopic (exact) mass is 575 g/mol. The van der Waals surface area contributed by atoms with Crippen molar-refractivity contribution in [1.29, 1.82) is 0 Å². The maximum Gasteiger partial charge on any atom is 0.0543 e. The summed E-state index contributed by atoms with van der Waals surface area (Å²) >= 11 is 0. The summed E-state index contributed by atoms with van der Waals surface area (Å²) in [6.45, 7) is 4.73. The summed E-state index contributed by atoms with van der Waals surface area (Å²) in [5, 5.41) is 2.61. The first-order valence-corrected chi connectivity index (χ1v) is 15.9. The topological polar surface area (TPSA) is 3.24 Å². The third-order valence-corrected chi connectivity index (χ3v) is 10.1. The van der Waals surface area contributed by atoms with Crippen molar-refractivity contribution in [2.45, 2.75) is 25.7 Å². The van der Waals surface area contributed by atoms with Crippen molar-refractivity contribution in [3.63, 3.8) is 0 Å². The zero-order valence-corrected chi connectivity index (χ0v) is 25.6. The van der Waals surface area contributed by atoms with Crippen molar-refractivity contribution in [2.24, 2.45) is 0 Å². The van der Waals surface area contributed by atoms with Gasteiger partial charge in [-0.25, -0.2) is 0 Å². The molecule has 0 N–H and O–H groups in total. The molecule has 0 aromatic heterocycles. The van der Waals surface area contributed by atoms with Gasteiger partial charge >= 0.3 is 0 Å². The van der Waals surface area contributed by atoms with Crippen molar-refractivity contribution in [3.05, 3.63) is 174 Å².